The molecule has 3 aromatic heterocycles. The number of hydrogen-bond acceptors (Lipinski definition) is 8. The highest BCUT2D eigenvalue weighted by Gasteiger charge is 2.25. The average molecular weight is 533 g/mol. The van der Waals surface area contributed by atoms with Gasteiger partial charge < -0.3 is 10.2 Å². The lowest BCUT2D eigenvalue weighted by Gasteiger charge is -2.31. The molecule has 1 aliphatic heterocycles. The first-order chi connectivity index (χ1) is 18.4. The number of likely N-dealkylation sites (N-methyl/N-ethyl adjacent to an activating group) is 1. The van der Waals surface area contributed by atoms with Gasteiger partial charge in [-0.25, -0.2) is 14.4 Å². The molecule has 4 heterocycles. The van der Waals surface area contributed by atoms with Crippen molar-refractivity contribution in [2.45, 2.75) is 32.1 Å². The van der Waals surface area contributed by atoms with Crippen LogP contribution in [0.5, 0.6) is 0 Å². The van der Waals surface area contributed by atoms with Crippen LogP contribution in [0.25, 0.3) is 16.9 Å². The Morgan fingerprint density at radius 2 is 2.05 bits per heavy atom. The smallest absolute Gasteiger partial charge is 0.233 e. The standard InChI is InChI=1S/C27H29FN8OS/c1-4-21-26(34(3)27-32-23(16-38-27)20-6-5-19(28)13-18(20)14-29)36-24(31-21)8-7-22(33-36)17-9-11-35(12-10-17)15-25(37)30-2/h5-8,13,16-17H,4,9-12,15H2,1-3H3,(H,30,37). The predicted molar refractivity (Wildman–Crippen MR) is 145 cm³/mol. The van der Waals surface area contributed by atoms with Crippen LogP contribution in [0.1, 0.15) is 42.6 Å². The normalized spacial score (nSPS) is 14.5. The van der Waals surface area contributed by atoms with Gasteiger partial charge in [0, 0.05) is 31.0 Å². The van der Waals surface area contributed by atoms with E-state index in [9.17, 15) is 14.4 Å². The number of carbonyl (C=O) groups excluding carboxylic acids is 1. The fourth-order valence-corrected chi connectivity index (χ4v) is 5.70. The van der Waals surface area contributed by atoms with Gasteiger partial charge in [0.1, 0.15) is 5.82 Å². The van der Waals surface area contributed by atoms with Gasteiger partial charge in [-0.2, -0.15) is 14.9 Å². The zero-order chi connectivity index (χ0) is 26.8. The van der Waals surface area contributed by atoms with Crippen LogP contribution in [0.2, 0.25) is 0 Å². The first kappa shape index (κ1) is 25.8. The summed E-state index contributed by atoms with van der Waals surface area (Å²) in [6.07, 6.45) is 2.60. The molecule has 4 aromatic rings. The third-order valence-corrected chi connectivity index (χ3v) is 7.92. The summed E-state index contributed by atoms with van der Waals surface area (Å²) in [7, 11) is 3.60. The van der Waals surface area contributed by atoms with Crippen molar-refractivity contribution in [2.24, 2.45) is 0 Å². The lowest BCUT2D eigenvalue weighted by Crippen LogP contribution is -2.40. The number of anilines is 2. The zero-order valence-electron chi connectivity index (χ0n) is 21.6. The number of halogens is 1. The second-order valence-electron chi connectivity index (χ2n) is 9.36. The van der Waals surface area contributed by atoms with E-state index in [2.05, 4.69) is 29.3 Å². The molecule has 5 rings (SSSR count). The number of imidazole rings is 1. The minimum atomic E-state index is -0.449. The number of carbonyl (C=O) groups is 1. The van der Waals surface area contributed by atoms with E-state index >= 15 is 0 Å². The summed E-state index contributed by atoms with van der Waals surface area (Å²) in [6, 6.07) is 10.3. The summed E-state index contributed by atoms with van der Waals surface area (Å²) in [4.78, 5) is 25.5. The SMILES string of the molecule is CCc1nc2ccc(C3CCN(CC(=O)NC)CC3)nn2c1N(C)c1nc(-c2ccc(F)cc2C#N)cs1. The molecular weight excluding hydrogens is 503 g/mol. The first-order valence-electron chi connectivity index (χ1n) is 12.6. The third kappa shape index (κ3) is 4.97. The van der Waals surface area contributed by atoms with Gasteiger partial charge in [0.2, 0.25) is 5.91 Å². The number of aromatic nitrogens is 4. The van der Waals surface area contributed by atoms with Crippen molar-refractivity contribution in [2.75, 3.05) is 38.6 Å². The summed E-state index contributed by atoms with van der Waals surface area (Å²) in [5.74, 6) is 0.743. The van der Waals surface area contributed by atoms with Crippen LogP contribution in [0, 0.1) is 17.1 Å². The van der Waals surface area contributed by atoms with Crippen molar-refractivity contribution < 1.29 is 9.18 Å². The van der Waals surface area contributed by atoms with Crippen LogP contribution in [0.3, 0.4) is 0 Å². The molecule has 0 spiro atoms. The van der Waals surface area contributed by atoms with Crippen LogP contribution in [-0.2, 0) is 11.2 Å². The van der Waals surface area contributed by atoms with Gasteiger partial charge in [0.05, 0.1) is 35.3 Å². The van der Waals surface area contributed by atoms with Crippen LogP contribution in [0.15, 0.2) is 35.7 Å². The molecule has 1 N–H and O–H groups in total. The Morgan fingerprint density at radius 1 is 1.26 bits per heavy atom. The summed E-state index contributed by atoms with van der Waals surface area (Å²) >= 11 is 1.45. The largest absolute Gasteiger partial charge is 0.358 e. The molecule has 1 fully saturated rings. The van der Waals surface area contributed by atoms with Gasteiger partial charge in [-0.3, -0.25) is 9.69 Å². The van der Waals surface area contributed by atoms with Crippen LogP contribution in [0.4, 0.5) is 15.3 Å². The fraction of sp³-hybridized carbons (Fsp3) is 0.370. The van der Waals surface area contributed by atoms with Crippen molar-refractivity contribution >= 4 is 33.8 Å². The van der Waals surface area contributed by atoms with E-state index in [1.54, 1.807) is 13.1 Å². The average Bonchev–Trinajstić information content (AvgIpc) is 3.57. The van der Waals surface area contributed by atoms with E-state index in [0.717, 1.165) is 60.3 Å². The van der Waals surface area contributed by atoms with Crippen molar-refractivity contribution in [3.63, 3.8) is 0 Å². The van der Waals surface area contributed by atoms with E-state index in [0.29, 0.717) is 23.7 Å². The van der Waals surface area contributed by atoms with Gasteiger partial charge >= 0.3 is 0 Å². The van der Waals surface area contributed by atoms with Gasteiger partial charge in [-0.1, -0.05) is 6.92 Å². The first-order valence-corrected chi connectivity index (χ1v) is 13.5. The number of nitrogens with one attached hydrogen (secondary N) is 1. The molecule has 0 atom stereocenters. The minimum Gasteiger partial charge on any atom is -0.358 e. The molecule has 196 valence electrons. The third-order valence-electron chi connectivity index (χ3n) is 7.01. The van der Waals surface area contributed by atoms with Gasteiger partial charge in [-0.15, -0.1) is 11.3 Å². The number of piperidine rings is 1. The van der Waals surface area contributed by atoms with Gasteiger partial charge in [0.15, 0.2) is 16.6 Å². The number of thiazole rings is 1. The lowest BCUT2D eigenvalue weighted by atomic mass is 9.93. The lowest BCUT2D eigenvalue weighted by molar-refractivity contribution is -0.122. The molecule has 9 nitrogen and oxygen atoms in total. The highest BCUT2D eigenvalue weighted by Crippen LogP contribution is 2.35. The Bertz CT molecular complexity index is 1520. The molecule has 0 radical (unpaired) electrons. The van der Waals surface area contributed by atoms with E-state index in [1.165, 1.54) is 23.5 Å². The maximum absolute atomic E-state index is 13.6. The number of likely N-dealkylation sites (tertiary alicyclic amines) is 1. The second-order valence-corrected chi connectivity index (χ2v) is 10.2. The number of nitrogens with zero attached hydrogens (tertiary/aromatic N) is 7. The van der Waals surface area contributed by atoms with Gasteiger partial charge in [0.25, 0.3) is 0 Å². The van der Waals surface area contributed by atoms with Crippen molar-refractivity contribution in [3.8, 4) is 17.3 Å². The molecule has 38 heavy (non-hydrogen) atoms. The summed E-state index contributed by atoms with van der Waals surface area (Å²) in [5, 5.41) is 19.8. The number of benzene rings is 1. The molecule has 1 amide bonds. The number of rotatable bonds is 7. The molecule has 0 unspecified atom stereocenters. The quantitative estimate of drug-likeness (QED) is 0.382. The summed E-state index contributed by atoms with van der Waals surface area (Å²) in [5.41, 5.74) is 4.16. The van der Waals surface area contributed by atoms with E-state index in [1.807, 2.05) is 27.9 Å². The van der Waals surface area contributed by atoms with E-state index < -0.39 is 5.82 Å². The minimum absolute atomic E-state index is 0.0369. The Balaban J connectivity index is 1.43. The Hall–Kier alpha value is -3.88. The van der Waals surface area contributed by atoms with Gasteiger partial charge in [-0.05, 0) is 62.7 Å². The molecule has 11 heteroatoms. The Labute approximate surface area is 224 Å². The number of fused-ring (bicyclic) bond motifs is 1. The maximum atomic E-state index is 13.6. The van der Waals surface area contributed by atoms with Crippen molar-refractivity contribution in [1.29, 1.82) is 5.26 Å². The number of hydrogen-bond donors (Lipinski definition) is 1. The Kier molecular flexibility index (Phi) is 7.35. The van der Waals surface area contributed by atoms with Crippen molar-refractivity contribution in [3.05, 3.63) is 58.5 Å². The molecular formula is C27H29FN8OS. The van der Waals surface area contributed by atoms with Crippen LogP contribution >= 0.6 is 11.3 Å². The number of nitriles is 1. The monoisotopic (exact) mass is 532 g/mol. The van der Waals surface area contributed by atoms with E-state index in [4.69, 9.17) is 15.1 Å². The molecule has 0 bridgehead atoms. The molecule has 0 aliphatic carbocycles. The molecule has 1 saturated heterocycles. The van der Waals surface area contributed by atoms with Crippen molar-refractivity contribution in [1.82, 2.24) is 29.8 Å². The molecule has 0 saturated carbocycles. The molecule has 1 aliphatic rings. The fourth-order valence-electron chi connectivity index (χ4n) is 4.91. The summed E-state index contributed by atoms with van der Waals surface area (Å²) < 4.78 is 15.5. The van der Waals surface area contributed by atoms with E-state index in [-0.39, 0.29) is 11.5 Å². The Morgan fingerprint density at radius 3 is 2.76 bits per heavy atom. The maximum Gasteiger partial charge on any atom is 0.233 e. The number of aryl methyl sites for hydroxylation is 1. The topological polar surface area (TPSA) is 102 Å². The molecule has 1 aromatic carbocycles. The van der Waals surface area contributed by atoms with Crippen LogP contribution < -0.4 is 10.2 Å². The van der Waals surface area contributed by atoms with Crippen LogP contribution in [-0.4, -0.2) is 64.1 Å². The second kappa shape index (κ2) is 10.8. The zero-order valence-corrected chi connectivity index (χ0v) is 22.4. The highest BCUT2D eigenvalue weighted by atomic mass is 32.1. The summed E-state index contributed by atoms with van der Waals surface area (Å²) in [6.45, 7) is 4.19. The number of amides is 1. The predicted octanol–water partition coefficient (Wildman–Crippen LogP) is 4.12. The highest BCUT2D eigenvalue weighted by molar-refractivity contribution is 7.14.